The summed E-state index contributed by atoms with van der Waals surface area (Å²) in [5, 5.41) is 0. The zero-order valence-corrected chi connectivity index (χ0v) is 11.3. The highest BCUT2D eigenvalue weighted by molar-refractivity contribution is 5.99. The smallest absolute Gasteiger partial charge is 0.170 e. The van der Waals surface area contributed by atoms with Crippen LogP contribution in [0.15, 0.2) is 24.3 Å². The molecule has 1 aromatic rings. The Morgan fingerprint density at radius 3 is 2.84 bits per heavy atom. The third-order valence-corrected chi connectivity index (χ3v) is 4.09. The fourth-order valence-electron chi connectivity index (χ4n) is 3.05. The molecule has 0 aromatic heterocycles. The third kappa shape index (κ3) is 2.98. The standard InChI is InChI=1S/C16H21NO2/c18-15-12-13(6-5-11-17-9-3-4-10-17)19-16-8-2-1-7-14(15)16/h1-2,7-8,13H,3-6,9-12H2. The van der Waals surface area contributed by atoms with Gasteiger partial charge in [-0.1, -0.05) is 12.1 Å². The lowest BCUT2D eigenvalue weighted by molar-refractivity contribution is 0.0831. The molecule has 0 spiro atoms. The van der Waals surface area contributed by atoms with Crippen molar-refractivity contribution in [2.75, 3.05) is 19.6 Å². The van der Waals surface area contributed by atoms with E-state index in [0.717, 1.165) is 30.7 Å². The van der Waals surface area contributed by atoms with E-state index >= 15 is 0 Å². The Morgan fingerprint density at radius 2 is 2.00 bits per heavy atom. The average Bonchev–Trinajstić information content (AvgIpc) is 2.92. The maximum atomic E-state index is 12.0. The molecule has 1 saturated heterocycles. The minimum atomic E-state index is 0.0741. The summed E-state index contributed by atoms with van der Waals surface area (Å²) in [6, 6.07) is 7.59. The van der Waals surface area contributed by atoms with Crippen molar-refractivity contribution >= 4 is 5.78 Å². The lowest BCUT2D eigenvalue weighted by atomic mass is 9.98. The zero-order valence-electron chi connectivity index (χ0n) is 11.3. The van der Waals surface area contributed by atoms with Crippen molar-refractivity contribution in [3.63, 3.8) is 0 Å². The maximum Gasteiger partial charge on any atom is 0.170 e. The molecule has 1 unspecified atom stereocenters. The molecule has 2 aliphatic heterocycles. The molecule has 0 saturated carbocycles. The van der Waals surface area contributed by atoms with Crippen LogP contribution < -0.4 is 4.74 Å². The molecule has 1 atom stereocenters. The first kappa shape index (κ1) is 12.7. The monoisotopic (exact) mass is 259 g/mol. The van der Waals surface area contributed by atoms with Gasteiger partial charge >= 0.3 is 0 Å². The fourth-order valence-corrected chi connectivity index (χ4v) is 3.05. The van der Waals surface area contributed by atoms with Crippen LogP contribution in [0, 0.1) is 0 Å². The number of likely N-dealkylation sites (tertiary alicyclic amines) is 1. The van der Waals surface area contributed by atoms with Gasteiger partial charge < -0.3 is 9.64 Å². The highest BCUT2D eigenvalue weighted by atomic mass is 16.5. The van der Waals surface area contributed by atoms with E-state index in [9.17, 15) is 4.79 Å². The largest absolute Gasteiger partial charge is 0.489 e. The van der Waals surface area contributed by atoms with E-state index in [0.29, 0.717) is 6.42 Å². The Morgan fingerprint density at radius 1 is 1.21 bits per heavy atom. The van der Waals surface area contributed by atoms with Crippen molar-refractivity contribution in [2.45, 2.75) is 38.2 Å². The van der Waals surface area contributed by atoms with Gasteiger partial charge in [-0.15, -0.1) is 0 Å². The number of ketones is 1. The van der Waals surface area contributed by atoms with Crippen LogP contribution in [0.3, 0.4) is 0 Å². The number of fused-ring (bicyclic) bond motifs is 1. The second-order valence-corrected chi connectivity index (χ2v) is 5.55. The van der Waals surface area contributed by atoms with Crippen LogP contribution in [0.2, 0.25) is 0 Å². The van der Waals surface area contributed by atoms with Gasteiger partial charge in [0.05, 0.1) is 5.56 Å². The topological polar surface area (TPSA) is 29.5 Å². The van der Waals surface area contributed by atoms with Crippen molar-refractivity contribution in [2.24, 2.45) is 0 Å². The van der Waals surface area contributed by atoms with E-state index in [4.69, 9.17) is 4.74 Å². The highest BCUT2D eigenvalue weighted by Crippen LogP contribution is 2.28. The second kappa shape index (κ2) is 5.74. The Bertz CT molecular complexity index is 452. The number of benzene rings is 1. The number of carbonyl (C=O) groups is 1. The van der Waals surface area contributed by atoms with E-state index in [1.807, 2.05) is 24.3 Å². The van der Waals surface area contributed by atoms with Gasteiger partial charge in [0.2, 0.25) is 0 Å². The summed E-state index contributed by atoms with van der Waals surface area (Å²) in [6.45, 7) is 3.64. The lowest BCUT2D eigenvalue weighted by Crippen LogP contribution is -2.28. The Kier molecular flexibility index (Phi) is 3.83. The minimum Gasteiger partial charge on any atom is -0.489 e. The fraction of sp³-hybridized carbons (Fsp3) is 0.562. The molecule has 1 fully saturated rings. The summed E-state index contributed by atoms with van der Waals surface area (Å²) in [4.78, 5) is 14.5. The van der Waals surface area contributed by atoms with Crippen LogP contribution >= 0.6 is 0 Å². The Hall–Kier alpha value is -1.35. The van der Waals surface area contributed by atoms with Gasteiger partial charge in [-0.3, -0.25) is 4.79 Å². The number of carbonyl (C=O) groups excluding carboxylic acids is 1. The summed E-state index contributed by atoms with van der Waals surface area (Å²) in [6.07, 6.45) is 5.40. The molecular weight excluding hydrogens is 238 g/mol. The first-order chi connectivity index (χ1) is 9.33. The van der Waals surface area contributed by atoms with Gasteiger partial charge in [-0.2, -0.15) is 0 Å². The quantitative estimate of drug-likeness (QED) is 0.832. The summed E-state index contributed by atoms with van der Waals surface area (Å²) >= 11 is 0. The Balaban J connectivity index is 1.52. The molecule has 19 heavy (non-hydrogen) atoms. The molecule has 3 rings (SSSR count). The van der Waals surface area contributed by atoms with Crippen LogP contribution in [-0.4, -0.2) is 36.4 Å². The molecule has 3 heteroatoms. The van der Waals surface area contributed by atoms with E-state index in [-0.39, 0.29) is 11.9 Å². The van der Waals surface area contributed by atoms with E-state index in [2.05, 4.69) is 4.90 Å². The summed E-state index contributed by atoms with van der Waals surface area (Å²) in [5.74, 6) is 0.998. The van der Waals surface area contributed by atoms with Crippen molar-refractivity contribution in [3.05, 3.63) is 29.8 Å². The normalized spacial score (nSPS) is 23.2. The average molecular weight is 259 g/mol. The first-order valence-corrected chi connectivity index (χ1v) is 7.34. The van der Waals surface area contributed by atoms with Crippen LogP contribution in [0.1, 0.15) is 42.5 Å². The van der Waals surface area contributed by atoms with Crippen molar-refractivity contribution in [1.82, 2.24) is 4.90 Å². The van der Waals surface area contributed by atoms with E-state index in [1.165, 1.54) is 25.9 Å². The number of ether oxygens (including phenoxy) is 1. The SMILES string of the molecule is O=C1CC(CCCN2CCCC2)Oc2ccccc21. The second-order valence-electron chi connectivity index (χ2n) is 5.55. The van der Waals surface area contributed by atoms with Crippen LogP contribution in [0.25, 0.3) is 0 Å². The molecule has 0 radical (unpaired) electrons. The number of hydrogen-bond donors (Lipinski definition) is 0. The molecule has 0 amide bonds. The van der Waals surface area contributed by atoms with Crippen LogP contribution in [0.4, 0.5) is 0 Å². The minimum absolute atomic E-state index is 0.0741. The number of nitrogens with zero attached hydrogens (tertiary/aromatic N) is 1. The van der Waals surface area contributed by atoms with Gasteiger partial charge in [0.25, 0.3) is 0 Å². The van der Waals surface area contributed by atoms with Gasteiger partial charge in [0.15, 0.2) is 5.78 Å². The van der Waals surface area contributed by atoms with Crippen molar-refractivity contribution < 1.29 is 9.53 Å². The van der Waals surface area contributed by atoms with E-state index < -0.39 is 0 Å². The van der Waals surface area contributed by atoms with Crippen molar-refractivity contribution in [1.29, 1.82) is 0 Å². The summed E-state index contributed by atoms with van der Waals surface area (Å²) in [5.41, 5.74) is 0.748. The van der Waals surface area contributed by atoms with Gasteiger partial charge in [-0.05, 0) is 57.5 Å². The highest BCUT2D eigenvalue weighted by Gasteiger charge is 2.25. The first-order valence-electron chi connectivity index (χ1n) is 7.34. The van der Waals surface area contributed by atoms with Gasteiger partial charge in [-0.25, -0.2) is 0 Å². The lowest BCUT2D eigenvalue weighted by Gasteiger charge is -2.25. The van der Waals surface area contributed by atoms with Gasteiger partial charge in [0.1, 0.15) is 11.9 Å². The predicted octanol–water partition coefficient (Wildman–Crippen LogP) is 2.90. The molecular formula is C16H21NO2. The molecule has 2 aliphatic rings. The molecule has 0 bridgehead atoms. The molecule has 102 valence electrons. The third-order valence-electron chi connectivity index (χ3n) is 4.09. The van der Waals surface area contributed by atoms with E-state index in [1.54, 1.807) is 0 Å². The molecule has 1 aromatic carbocycles. The van der Waals surface area contributed by atoms with Crippen molar-refractivity contribution in [3.8, 4) is 5.75 Å². The number of hydrogen-bond acceptors (Lipinski definition) is 3. The van der Waals surface area contributed by atoms with Crippen LogP contribution in [-0.2, 0) is 0 Å². The van der Waals surface area contributed by atoms with Crippen LogP contribution in [0.5, 0.6) is 5.75 Å². The molecule has 0 N–H and O–H groups in total. The Labute approximate surface area is 114 Å². The predicted molar refractivity (Wildman–Crippen MR) is 74.7 cm³/mol. The molecule has 0 aliphatic carbocycles. The number of para-hydroxylation sites is 1. The zero-order chi connectivity index (χ0) is 13.1. The molecule has 2 heterocycles. The summed E-state index contributed by atoms with van der Waals surface area (Å²) < 4.78 is 5.93. The van der Waals surface area contributed by atoms with Gasteiger partial charge in [0, 0.05) is 6.42 Å². The molecule has 3 nitrogen and oxygen atoms in total. The number of rotatable bonds is 4. The maximum absolute atomic E-state index is 12.0. The number of Topliss-reactive ketones (excluding diaryl/α,β-unsaturated/α-hetero) is 1. The summed E-state index contributed by atoms with van der Waals surface area (Å²) in [7, 11) is 0.